The number of phenolic OH excluding ortho intramolecular Hbond substituents is 1. The van der Waals surface area contributed by atoms with Crippen molar-refractivity contribution < 1.29 is 9.84 Å². The zero-order valence-corrected chi connectivity index (χ0v) is 14.9. The van der Waals surface area contributed by atoms with Crippen molar-refractivity contribution in [3.05, 3.63) is 36.7 Å². The minimum atomic E-state index is 0.237. The van der Waals surface area contributed by atoms with Crippen molar-refractivity contribution in [1.82, 2.24) is 9.97 Å². The molecule has 2 aromatic rings. The standard InChI is InChI=1S/C20H28N2O2/c1-15(2)5-4-6-16(3)11-12-24-19-13-21-20(22-14-19)17-7-9-18(23)10-8-17/h7-10,13-16,23H,4-6,11-12H2,1-3H3/t16-/m1/s1. The molecule has 4 nitrogen and oxygen atoms in total. The summed E-state index contributed by atoms with van der Waals surface area (Å²) in [6.07, 6.45) is 8.33. The second kappa shape index (κ2) is 9.26. The van der Waals surface area contributed by atoms with Crippen molar-refractivity contribution in [2.75, 3.05) is 6.61 Å². The van der Waals surface area contributed by atoms with Gasteiger partial charge in [-0.05, 0) is 42.5 Å². The van der Waals surface area contributed by atoms with E-state index in [1.165, 1.54) is 19.3 Å². The van der Waals surface area contributed by atoms with E-state index in [-0.39, 0.29) is 5.75 Å². The van der Waals surface area contributed by atoms with Gasteiger partial charge in [0.15, 0.2) is 11.6 Å². The van der Waals surface area contributed by atoms with E-state index in [9.17, 15) is 5.11 Å². The Balaban J connectivity index is 1.75. The summed E-state index contributed by atoms with van der Waals surface area (Å²) in [5, 5.41) is 9.31. The highest BCUT2D eigenvalue weighted by Gasteiger charge is 2.05. The van der Waals surface area contributed by atoms with E-state index in [1.54, 1.807) is 36.7 Å². The number of nitrogens with zero attached hydrogens (tertiary/aromatic N) is 2. The SMILES string of the molecule is CC(C)CCC[C@@H](C)CCOc1cnc(-c2ccc(O)cc2)nc1. The van der Waals surface area contributed by atoms with Gasteiger partial charge in [-0.2, -0.15) is 0 Å². The Hall–Kier alpha value is -2.10. The predicted octanol–water partition coefficient (Wildman–Crippen LogP) is 5.08. The minimum Gasteiger partial charge on any atom is -0.508 e. The van der Waals surface area contributed by atoms with Crippen molar-refractivity contribution in [2.45, 2.75) is 46.5 Å². The molecule has 130 valence electrons. The van der Waals surface area contributed by atoms with Crippen LogP contribution in [0.1, 0.15) is 46.5 Å². The summed E-state index contributed by atoms with van der Waals surface area (Å²) in [6.45, 7) is 7.53. The molecule has 1 aromatic heterocycles. The highest BCUT2D eigenvalue weighted by Crippen LogP contribution is 2.20. The van der Waals surface area contributed by atoms with E-state index in [2.05, 4.69) is 30.7 Å². The molecule has 1 atom stereocenters. The van der Waals surface area contributed by atoms with E-state index >= 15 is 0 Å². The normalized spacial score (nSPS) is 12.3. The molecular formula is C20H28N2O2. The number of benzene rings is 1. The highest BCUT2D eigenvalue weighted by molar-refractivity contribution is 5.55. The summed E-state index contributed by atoms with van der Waals surface area (Å²) >= 11 is 0. The van der Waals surface area contributed by atoms with Gasteiger partial charge in [0.25, 0.3) is 0 Å². The Bertz CT molecular complexity index is 594. The second-order valence-corrected chi connectivity index (χ2v) is 6.86. The fourth-order valence-corrected chi connectivity index (χ4v) is 2.55. The largest absolute Gasteiger partial charge is 0.508 e. The Labute approximate surface area is 144 Å². The molecule has 0 amide bonds. The van der Waals surface area contributed by atoms with Crippen LogP contribution in [0.2, 0.25) is 0 Å². The van der Waals surface area contributed by atoms with Crippen LogP contribution in [0, 0.1) is 11.8 Å². The van der Waals surface area contributed by atoms with Crippen LogP contribution >= 0.6 is 0 Å². The molecule has 2 rings (SSSR count). The molecule has 1 N–H and O–H groups in total. The molecule has 0 aliphatic heterocycles. The van der Waals surface area contributed by atoms with Gasteiger partial charge in [0, 0.05) is 5.56 Å². The summed E-state index contributed by atoms with van der Waals surface area (Å²) in [4.78, 5) is 8.66. The van der Waals surface area contributed by atoms with Crippen LogP contribution in [-0.4, -0.2) is 21.7 Å². The molecule has 0 bridgehead atoms. The molecule has 1 aromatic carbocycles. The van der Waals surface area contributed by atoms with E-state index < -0.39 is 0 Å². The highest BCUT2D eigenvalue weighted by atomic mass is 16.5. The molecule has 0 spiro atoms. The number of ether oxygens (including phenoxy) is 1. The number of aromatic hydroxyl groups is 1. The van der Waals surface area contributed by atoms with Crippen molar-refractivity contribution in [2.24, 2.45) is 11.8 Å². The van der Waals surface area contributed by atoms with Crippen LogP contribution in [-0.2, 0) is 0 Å². The van der Waals surface area contributed by atoms with Crippen molar-refractivity contribution >= 4 is 0 Å². The maximum absolute atomic E-state index is 9.31. The van der Waals surface area contributed by atoms with Crippen molar-refractivity contribution in [1.29, 1.82) is 0 Å². The van der Waals surface area contributed by atoms with Crippen LogP contribution in [0.25, 0.3) is 11.4 Å². The van der Waals surface area contributed by atoms with Crippen LogP contribution < -0.4 is 4.74 Å². The third kappa shape index (κ3) is 6.19. The van der Waals surface area contributed by atoms with Gasteiger partial charge in [-0.1, -0.05) is 40.0 Å². The number of aromatic nitrogens is 2. The summed E-state index contributed by atoms with van der Waals surface area (Å²) in [5.74, 6) is 3.04. The lowest BCUT2D eigenvalue weighted by molar-refractivity contribution is 0.274. The van der Waals surface area contributed by atoms with E-state index in [4.69, 9.17) is 4.74 Å². The summed E-state index contributed by atoms with van der Waals surface area (Å²) in [5.41, 5.74) is 0.873. The molecule has 0 fully saturated rings. The summed E-state index contributed by atoms with van der Waals surface area (Å²) < 4.78 is 5.75. The van der Waals surface area contributed by atoms with Crippen LogP contribution in [0.15, 0.2) is 36.7 Å². The van der Waals surface area contributed by atoms with Crippen LogP contribution in [0.5, 0.6) is 11.5 Å². The van der Waals surface area contributed by atoms with Crippen LogP contribution in [0.4, 0.5) is 0 Å². The average molecular weight is 328 g/mol. The lowest BCUT2D eigenvalue weighted by Crippen LogP contribution is -2.05. The number of phenols is 1. The van der Waals surface area contributed by atoms with Crippen LogP contribution in [0.3, 0.4) is 0 Å². The van der Waals surface area contributed by atoms with E-state index in [1.807, 2.05) is 0 Å². The van der Waals surface area contributed by atoms with Gasteiger partial charge in [-0.3, -0.25) is 0 Å². The monoisotopic (exact) mass is 328 g/mol. The van der Waals surface area contributed by atoms with Crippen molar-refractivity contribution in [3.63, 3.8) is 0 Å². The molecule has 0 aliphatic carbocycles. The first-order valence-corrected chi connectivity index (χ1v) is 8.79. The Kier molecular flexibility index (Phi) is 7.04. The molecular weight excluding hydrogens is 300 g/mol. The molecule has 4 heteroatoms. The quantitative estimate of drug-likeness (QED) is 0.697. The predicted molar refractivity (Wildman–Crippen MR) is 97.1 cm³/mol. The van der Waals surface area contributed by atoms with Gasteiger partial charge < -0.3 is 9.84 Å². The molecule has 0 saturated heterocycles. The lowest BCUT2D eigenvalue weighted by Gasteiger charge is -2.13. The van der Waals surface area contributed by atoms with E-state index in [0.29, 0.717) is 24.1 Å². The smallest absolute Gasteiger partial charge is 0.159 e. The molecule has 0 saturated carbocycles. The topological polar surface area (TPSA) is 55.2 Å². The molecule has 0 radical (unpaired) electrons. The van der Waals surface area contributed by atoms with Gasteiger partial charge in [0.05, 0.1) is 19.0 Å². The molecule has 1 heterocycles. The maximum Gasteiger partial charge on any atom is 0.159 e. The first-order valence-electron chi connectivity index (χ1n) is 8.79. The minimum absolute atomic E-state index is 0.237. The number of hydrogen-bond acceptors (Lipinski definition) is 4. The average Bonchev–Trinajstić information content (AvgIpc) is 2.56. The first-order chi connectivity index (χ1) is 11.5. The Morgan fingerprint density at radius 3 is 2.25 bits per heavy atom. The number of hydrogen-bond donors (Lipinski definition) is 1. The van der Waals surface area contributed by atoms with Gasteiger partial charge in [0.2, 0.25) is 0 Å². The first kappa shape index (κ1) is 18.2. The Morgan fingerprint density at radius 1 is 0.958 bits per heavy atom. The van der Waals surface area contributed by atoms with Gasteiger partial charge in [-0.25, -0.2) is 9.97 Å². The van der Waals surface area contributed by atoms with Gasteiger partial charge in [0.1, 0.15) is 5.75 Å². The number of rotatable bonds is 9. The zero-order valence-electron chi connectivity index (χ0n) is 14.9. The molecule has 24 heavy (non-hydrogen) atoms. The fourth-order valence-electron chi connectivity index (χ4n) is 2.55. The summed E-state index contributed by atoms with van der Waals surface area (Å²) in [7, 11) is 0. The van der Waals surface area contributed by atoms with Gasteiger partial charge >= 0.3 is 0 Å². The third-order valence-corrected chi connectivity index (χ3v) is 4.11. The fraction of sp³-hybridized carbons (Fsp3) is 0.500. The third-order valence-electron chi connectivity index (χ3n) is 4.11. The van der Waals surface area contributed by atoms with Gasteiger partial charge in [-0.15, -0.1) is 0 Å². The van der Waals surface area contributed by atoms with Crippen molar-refractivity contribution in [3.8, 4) is 22.9 Å². The Morgan fingerprint density at radius 2 is 1.62 bits per heavy atom. The summed E-state index contributed by atoms with van der Waals surface area (Å²) in [6, 6.07) is 6.85. The molecule has 0 aliphatic rings. The zero-order chi connectivity index (χ0) is 17.4. The molecule has 0 unspecified atom stereocenters. The second-order valence-electron chi connectivity index (χ2n) is 6.86. The van der Waals surface area contributed by atoms with E-state index in [0.717, 1.165) is 17.9 Å². The maximum atomic E-state index is 9.31. The lowest BCUT2D eigenvalue weighted by atomic mass is 9.98.